The van der Waals surface area contributed by atoms with E-state index in [1.54, 1.807) is 35.2 Å². The zero-order chi connectivity index (χ0) is 29.0. The molecule has 2 aliphatic rings. The first-order chi connectivity index (χ1) is 19.0. The molecule has 1 fully saturated rings. The molecule has 4 rings (SSSR count). The van der Waals surface area contributed by atoms with E-state index in [9.17, 15) is 22.8 Å². The summed E-state index contributed by atoms with van der Waals surface area (Å²) in [6.07, 6.45) is 4.13. The fourth-order valence-corrected chi connectivity index (χ4v) is 7.27. The number of carboxylic acids is 1. The molecule has 3 N–H and O–H groups in total. The number of nitrogens with zero attached hydrogens (tertiary/aromatic N) is 1. The van der Waals surface area contributed by atoms with Gasteiger partial charge in [0, 0.05) is 53.0 Å². The molecule has 1 heterocycles. The van der Waals surface area contributed by atoms with Crippen molar-refractivity contribution in [2.24, 2.45) is 0 Å². The molecular formula is C28H33Cl2N3O6S. The van der Waals surface area contributed by atoms with E-state index in [0.29, 0.717) is 46.0 Å². The van der Waals surface area contributed by atoms with Gasteiger partial charge in [-0.3, -0.25) is 14.4 Å². The van der Waals surface area contributed by atoms with Crippen molar-refractivity contribution in [2.45, 2.75) is 69.0 Å². The topological polar surface area (TPSA) is 133 Å². The van der Waals surface area contributed by atoms with Gasteiger partial charge in [-0.2, -0.15) is 0 Å². The highest BCUT2D eigenvalue weighted by Crippen LogP contribution is 2.49. The van der Waals surface area contributed by atoms with Crippen molar-refractivity contribution in [3.05, 3.63) is 69.2 Å². The Morgan fingerprint density at radius 3 is 2.50 bits per heavy atom. The Kier molecular flexibility index (Phi) is 9.76. The highest BCUT2D eigenvalue weighted by Gasteiger charge is 2.47. The van der Waals surface area contributed by atoms with Gasteiger partial charge < -0.3 is 15.3 Å². The summed E-state index contributed by atoms with van der Waals surface area (Å²) >= 11 is 12.9. The van der Waals surface area contributed by atoms with Crippen LogP contribution in [0.4, 0.5) is 0 Å². The summed E-state index contributed by atoms with van der Waals surface area (Å²) < 4.78 is 27.3. The minimum absolute atomic E-state index is 0.00831. The predicted octanol–water partition coefficient (Wildman–Crippen LogP) is 4.51. The van der Waals surface area contributed by atoms with Crippen molar-refractivity contribution in [1.29, 1.82) is 0 Å². The highest BCUT2D eigenvalue weighted by atomic mass is 35.5. The lowest BCUT2D eigenvalue weighted by molar-refractivity contribution is -0.137. The second kappa shape index (κ2) is 12.9. The number of halogens is 2. The van der Waals surface area contributed by atoms with Gasteiger partial charge in [0.2, 0.25) is 15.9 Å². The first-order valence-corrected chi connectivity index (χ1v) is 15.9. The number of carbonyl (C=O) groups excluding carboxylic acids is 2. The molecule has 40 heavy (non-hydrogen) atoms. The number of carbonyl (C=O) groups is 3. The Balaban J connectivity index is 1.80. The second-order valence-corrected chi connectivity index (χ2v) is 13.0. The maximum absolute atomic E-state index is 14.2. The molecule has 0 radical (unpaired) electrons. The van der Waals surface area contributed by atoms with E-state index in [1.807, 2.05) is 12.1 Å². The van der Waals surface area contributed by atoms with Gasteiger partial charge in [-0.1, -0.05) is 60.3 Å². The van der Waals surface area contributed by atoms with Gasteiger partial charge in [0.05, 0.1) is 12.3 Å². The lowest BCUT2D eigenvalue weighted by Gasteiger charge is -2.49. The average molecular weight is 611 g/mol. The van der Waals surface area contributed by atoms with Gasteiger partial charge in [-0.25, -0.2) is 13.1 Å². The number of nitrogens with one attached hydrogen (secondary N) is 2. The van der Waals surface area contributed by atoms with Crippen molar-refractivity contribution in [1.82, 2.24) is 14.9 Å². The van der Waals surface area contributed by atoms with Gasteiger partial charge in [-0.05, 0) is 48.6 Å². The zero-order valence-corrected chi connectivity index (χ0v) is 24.4. The second-order valence-electron chi connectivity index (χ2n) is 10.4. The minimum Gasteiger partial charge on any atom is -0.481 e. The van der Waals surface area contributed by atoms with Crippen LogP contribution in [0.15, 0.2) is 42.5 Å². The van der Waals surface area contributed by atoms with Crippen LogP contribution in [0.3, 0.4) is 0 Å². The van der Waals surface area contributed by atoms with Crippen molar-refractivity contribution < 1.29 is 27.9 Å². The molecule has 4 atom stereocenters. The third-order valence-electron chi connectivity index (χ3n) is 7.53. The lowest BCUT2D eigenvalue weighted by atomic mass is 9.75. The number of rotatable bonds is 10. The average Bonchev–Trinajstić information content (AvgIpc) is 2.88. The van der Waals surface area contributed by atoms with Crippen LogP contribution in [-0.2, 0) is 19.6 Å². The molecule has 9 nitrogen and oxygen atoms in total. The maximum Gasteiger partial charge on any atom is 0.303 e. The van der Waals surface area contributed by atoms with Crippen molar-refractivity contribution in [3.8, 4) is 0 Å². The normalized spacial score (nSPS) is 23.0. The van der Waals surface area contributed by atoms with E-state index in [4.69, 9.17) is 28.3 Å². The molecule has 1 aliphatic heterocycles. The number of aliphatic carboxylic acids is 1. The Morgan fingerprint density at radius 2 is 1.80 bits per heavy atom. The SMILES string of the molecule is CS(=O)(=O)N[C@H]1CCCC[C@@H]1N1C(=O)c2ccccc2[C@@H](CC(=O)NCCCC(=O)O)[C@@H]1c1ccc(Cl)cc1Cl. The van der Waals surface area contributed by atoms with Gasteiger partial charge in [0.25, 0.3) is 5.91 Å². The molecule has 0 saturated heterocycles. The summed E-state index contributed by atoms with van der Waals surface area (Å²) in [4.78, 5) is 40.0. The molecule has 0 spiro atoms. The number of benzene rings is 2. The number of fused-ring (bicyclic) bond motifs is 1. The molecule has 12 heteroatoms. The minimum atomic E-state index is -3.56. The van der Waals surface area contributed by atoms with Crippen LogP contribution in [0.25, 0.3) is 0 Å². The van der Waals surface area contributed by atoms with Crippen LogP contribution in [0, 0.1) is 0 Å². The Hall–Kier alpha value is -2.66. The zero-order valence-electron chi connectivity index (χ0n) is 22.1. The first-order valence-electron chi connectivity index (χ1n) is 13.3. The summed E-state index contributed by atoms with van der Waals surface area (Å²) in [7, 11) is -3.56. The van der Waals surface area contributed by atoms with E-state index in [-0.39, 0.29) is 31.2 Å². The molecule has 2 aromatic carbocycles. The molecule has 0 aromatic heterocycles. The van der Waals surface area contributed by atoms with E-state index >= 15 is 0 Å². The predicted molar refractivity (Wildman–Crippen MR) is 153 cm³/mol. The first kappa shape index (κ1) is 30.3. The third kappa shape index (κ3) is 7.15. The standard InChI is InChI=1S/C28H33Cl2N3O6S/c1-40(38,39)32-23-9-4-5-10-24(23)33-27(20-13-12-17(29)15-22(20)30)21(16-25(34)31-14-6-11-26(35)36)18-7-2-3-8-19(18)28(33)37/h2-3,7-8,12-13,15,21,23-24,27,32H,4-6,9-11,14,16H2,1H3,(H,31,34)(H,35,36)/t21-,23+,24+,27+/m1/s1. The van der Waals surface area contributed by atoms with E-state index in [2.05, 4.69) is 10.0 Å². The quantitative estimate of drug-likeness (QED) is 0.340. The van der Waals surface area contributed by atoms with Crippen molar-refractivity contribution in [3.63, 3.8) is 0 Å². The molecule has 0 unspecified atom stereocenters. The van der Waals surface area contributed by atoms with Crippen LogP contribution in [0.2, 0.25) is 10.0 Å². The number of hydrogen-bond donors (Lipinski definition) is 3. The summed E-state index contributed by atoms with van der Waals surface area (Å²) in [6, 6.07) is 10.5. The van der Waals surface area contributed by atoms with Crippen molar-refractivity contribution >= 4 is 51.0 Å². The summed E-state index contributed by atoms with van der Waals surface area (Å²) in [6.45, 7) is 0.206. The Morgan fingerprint density at radius 1 is 1.07 bits per heavy atom. The molecular weight excluding hydrogens is 577 g/mol. The number of carboxylic acid groups (broad SMARTS) is 1. The monoisotopic (exact) mass is 609 g/mol. The number of sulfonamides is 1. The Bertz CT molecular complexity index is 1390. The van der Waals surface area contributed by atoms with Gasteiger partial charge in [-0.15, -0.1) is 0 Å². The van der Waals surface area contributed by atoms with E-state index < -0.39 is 40.0 Å². The fourth-order valence-electron chi connectivity index (χ4n) is 5.93. The highest BCUT2D eigenvalue weighted by molar-refractivity contribution is 7.88. The summed E-state index contributed by atoms with van der Waals surface area (Å²) in [5.41, 5.74) is 1.77. The van der Waals surface area contributed by atoms with E-state index in [1.165, 1.54) is 0 Å². The van der Waals surface area contributed by atoms with Crippen LogP contribution >= 0.6 is 23.2 Å². The van der Waals surface area contributed by atoms with Gasteiger partial charge >= 0.3 is 5.97 Å². The van der Waals surface area contributed by atoms with E-state index in [0.717, 1.165) is 19.1 Å². The molecule has 1 aliphatic carbocycles. The summed E-state index contributed by atoms with van der Waals surface area (Å²) in [5, 5.41) is 12.5. The van der Waals surface area contributed by atoms with Crippen molar-refractivity contribution in [2.75, 3.05) is 12.8 Å². The number of amides is 2. The molecule has 216 valence electrons. The lowest BCUT2D eigenvalue weighted by Crippen LogP contribution is -2.58. The number of hydrogen-bond acceptors (Lipinski definition) is 5. The molecule has 1 saturated carbocycles. The fraction of sp³-hybridized carbons (Fsp3) is 0.464. The van der Waals surface area contributed by atoms with Gasteiger partial charge in [0.15, 0.2) is 0 Å². The van der Waals surface area contributed by atoms with Crippen LogP contribution < -0.4 is 10.0 Å². The smallest absolute Gasteiger partial charge is 0.303 e. The largest absolute Gasteiger partial charge is 0.481 e. The van der Waals surface area contributed by atoms with Gasteiger partial charge in [0.1, 0.15) is 0 Å². The molecule has 0 bridgehead atoms. The third-order valence-corrected chi connectivity index (χ3v) is 8.83. The Labute approximate surface area is 244 Å². The maximum atomic E-state index is 14.2. The van der Waals surface area contributed by atoms with Crippen LogP contribution in [0.5, 0.6) is 0 Å². The van der Waals surface area contributed by atoms with Crippen LogP contribution in [0.1, 0.15) is 78.4 Å². The van der Waals surface area contributed by atoms with Crippen LogP contribution in [-0.4, -0.2) is 61.1 Å². The summed E-state index contributed by atoms with van der Waals surface area (Å²) in [5.74, 6) is -1.99. The molecule has 2 amide bonds. The molecule has 2 aromatic rings.